The molecule has 1 aliphatic carbocycles. The Hall–Kier alpha value is -1.76. The Morgan fingerprint density at radius 2 is 1.89 bits per heavy atom. The molecule has 5 nitrogen and oxygen atoms in total. The van der Waals surface area contributed by atoms with Crippen molar-refractivity contribution >= 4 is 23.6 Å². The van der Waals surface area contributed by atoms with Gasteiger partial charge in [0.25, 0.3) is 0 Å². The molecule has 0 heterocycles. The number of rotatable bonds is 8. The molecule has 0 radical (unpaired) electrons. The lowest BCUT2D eigenvalue weighted by molar-refractivity contribution is -0.138. The van der Waals surface area contributed by atoms with Crippen molar-refractivity contribution in [2.45, 2.75) is 37.0 Å². The van der Waals surface area contributed by atoms with E-state index in [0.29, 0.717) is 6.54 Å². The van der Waals surface area contributed by atoms with Crippen LogP contribution in [-0.2, 0) is 4.79 Å². The first kappa shape index (κ1) is 21.5. The number of amides is 1. The molecule has 1 saturated carbocycles. The van der Waals surface area contributed by atoms with E-state index >= 15 is 0 Å². The van der Waals surface area contributed by atoms with Gasteiger partial charge in [0.05, 0.1) is 5.41 Å². The van der Waals surface area contributed by atoms with Crippen LogP contribution in [0.25, 0.3) is 0 Å². The molecule has 2 N–H and O–H groups in total. The number of benzene rings is 1. The van der Waals surface area contributed by atoms with Crippen molar-refractivity contribution < 1.29 is 9.18 Å². The predicted molar refractivity (Wildman–Crippen MR) is 111 cm³/mol. The molecule has 1 aromatic carbocycles. The summed E-state index contributed by atoms with van der Waals surface area (Å²) in [5.74, 6) is 1.68. The van der Waals surface area contributed by atoms with Gasteiger partial charge in [0, 0.05) is 39.1 Å². The lowest BCUT2D eigenvalue weighted by Crippen LogP contribution is -2.49. The monoisotopic (exact) mass is 394 g/mol. The van der Waals surface area contributed by atoms with Crippen molar-refractivity contribution in [3.8, 4) is 0 Å². The Morgan fingerprint density at radius 3 is 2.48 bits per heavy atom. The van der Waals surface area contributed by atoms with Gasteiger partial charge in [-0.25, -0.2) is 4.39 Å². The van der Waals surface area contributed by atoms with E-state index in [0.717, 1.165) is 55.3 Å². The minimum atomic E-state index is -0.306. The van der Waals surface area contributed by atoms with Crippen LogP contribution in [0.4, 0.5) is 4.39 Å². The molecule has 27 heavy (non-hydrogen) atoms. The standard InChI is InChI=1S/C20H31FN4OS/c1-22-19(23-13-6-14-27-17-9-7-16(21)8-10-17)24-15-20(11-4-5-12-20)18(26)25(2)3/h7-10H,4-6,11-15H2,1-3H3,(H2,22,23,24). The van der Waals surface area contributed by atoms with Gasteiger partial charge in [-0.1, -0.05) is 12.8 Å². The summed E-state index contributed by atoms with van der Waals surface area (Å²) >= 11 is 1.71. The van der Waals surface area contributed by atoms with Gasteiger partial charge in [-0.15, -0.1) is 11.8 Å². The molecule has 1 amide bonds. The second kappa shape index (κ2) is 10.5. The van der Waals surface area contributed by atoms with Gasteiger partial charge < -0.3 is 15.5 Å². The second-order valence-corrected chi connectivity index (χ2v) is 8.36. The van der Waals surface area contributed by atoms with Gasteiger partial charge in [-0.3, -0.25) is 9.79 Å². The first-order chi connectivity index (χ1) is 13.0. The van der Waals surface area contributed by atoms with Crippen LogP contribution in [0.1, 0.15) is 32.1 Å². The van der Waals surface area contributed by atoms with Crippen molar-refractivity contribution in [3.05, 3.63) is 30.1 Å². The lowest BCUT2D eigenvalue weighted by atomic mass is 9.84. The number of nitrogens with zero attached hydrogens (tertiary/aromatic N) is 2. The largest absolute Gasteiger partial charge is 0.356 e. The minimum Gasteiger partial charge on any atom is -0.356 e. The third-order valence-electron chi connectivity index (χ3n) is 4.93. The van der Waals surface area contributed by atoms with E-state index in [2.05, 4.69) is 15.6 Å². The highest BCUT2D eigenvalue weighted by Crippen LogP contribution is 2.38. The van der Waals surface area contributed by atoms with Crippen LogP contribution in [0.3, 0.4) is 0 Å². The maximum Gasteiger partial charge on any atom is 0.230 e. The van der Waals surface area contributed by atoms with Crippen LogP contribution in [-0.4, -0.2) is 56.8 Å². The smallest absolute Gasteiger partial charge is 0.230 e. The Balaban J connectivity index is 1.72. The summed E-state index contributed by atoms with van der Waals surface area (Å²) in [6, 6.07) is 6.58. The van der Waals surface area contributed by atoms with Crippen LogP contribution in [0.2, 0.25) is 0 Å². The van der Waals surface area contributed by atoms with Crippen molar-refractivity contribution in [2.24, 2.45) is 10.4 Å². The molecule has 0 aliphatic heterocycles. The fourth-order valence-corrected chi connectivity index (χ4v) is 4.32. The van der Waals surface area contributed by atoms with E-state index in [1.807, 2.05) is 14.1 Å². The quantitative estimate of drug-likeness (QED) is 0.308. The molecule has 0 aromatic heterocycles. The third-order valence-corrected chi connectivity index (χ3v) is 6.03. The third kappa shape index (κ3) is 6.41. The summed E-state index contributed by atoms with van der Waals surface area (Å²) in [5.41, 5.74) is -0.306. The number of hydrogen-bond acceptors (Lipinski definition) is 3. The molecule has 7 heteroatoms. The second-order valence-electron chi connectivity index (χ2n) is 7.20. The number of carbonyl (C=O) groups is 1. The molecule has 2 rings (SSSR count). The zero-order valence-electron chi connectivity index (χ0n) is 16.6. The Kier molecular flexibility index (Phi) is 8.41. The first-order valence-electron chi connectivity index (χ1n) is 9.51. The van der Waals surface area contributed by atoms with Gasteiger partial charge in [-0.2, -0.15) is 0 Å². The summed E-state index contributed by atoms with van der Waals surface area (Å²) in [5, 5.41) is 6.66. The first-order valence-corrected chi connectivity index (χ1v) is 10.5. The van der Waals surface area contributed by atoms with E-state index in [9.17, 15) is 9.18 Å². The number of halogens is 1. The van der Waals surface area contributed by atoms with Crippen molar-refractivity contribution in [1.29, 1.82) is 0 Å². The van der Waals surface area contributed by atoms with E-state index < -0.39 is 0 Å². The fourth-order valence-electron chi connectivity index (χ4n) is 3.47. The number of hydrogen-bond donors (Lipinski definition) is 2. The van der Waals surface area contributed by atoms with Gasteiger partial charge in [0.1, 0.15) is 5.82 Å². The SMILES string of the molecule is CN=C(NCCCSc1ccc(F)cc1)NCC1(C(=O)N(C)C)CCCC1. The topological polar surface area (TPSA) is 56.7 Å². The molecular formula is C20H31FN4OS. The number of aliphatic imine (C=N–C) groups is 1. The molecule has 1 aromatic rings. The number of carbonyl (C=O) groups excluding carboxylic acids is 1. The summed E-state index contributed by atoms with van der Waals surface area (Å²) in [6.07, 6.45) is 5.04. The number of guanidine groups is 1. The van der Waals surface area contributed by atoms with Crippen LogP contribution in [0.15, 0.2) is 34.2 Å². The summed E-state index contributed by atoms with van der Waals surface area (Å²) in [6.45, 7) is 1.41. The van der Waals surface area contributed by atoms with Crippen LogP contribution < -0.4 is 10.6 Å². The van der Waals surface area contributed by atoms with Gasteiger partial charge in [-0.05, 0) is 49.3 Å². The molecular weight excluding hydrogens is 363 g/mol. The number of thioether (sulfide) groups is 1. The predicted octanol–water partition coefficient (Wildman–Crippen LogP) is 3.12. The van der Waals surface area contributed by atoms with Gasteiger partial charge >= 0.3 is 0 Å². The van der Waals surface area contributed by atoms with Crippen LogP contribution >= 0.6 is 11.8 Å². The van der Waals surface area contributed by atoms with Crippen LogP contribution in [0, 0.1) is 11.2 Å². The molecule has 1 aliphatic rings. The maximum atomic E-state index is 12.9. The molecule has 1 fully saturated rings. The highest BCUT2D eigenvalue weighted by atomic mass is 32.2. The van der Waals surface area contributed by atoms with Crippen molar-refractivity contribution in [2.75, 3.05) is 40.0 Å². The molecule has 0 bridgehead atoms. The lowest BCUT2D eigenvalue weighted by Gasteiger charge is -2.31. The average molecular weight is 395 g/mol. The summed E-state index contributed by atoms with van der Waals surface area (Å²) < 4.78 is 12.9. The Bertz CT molecular complexity index is 627. The maximum absolute atomic E-state index is 12.9. The minimum absolute atomic E-state index is 0.205. The molecule has 0 spiro atoms. The fraction of sp³-hybridized carbons (Fsp3) is 0.600. The van der Waals surface area contributed by atoms with Crippen LogP contribution in [0.5, 0.6) is 0 Å². The van der Waals surface area contributed by atoms with E-state index in [-0.39, 0.29) is 17.1 Å². The highest BCUT2D eigenvalue weighted by Gasteiger charge is 2.42. The Labute approximate surface area is 166 Å². The molecule has 0 atom stereocenters. The van der Waals surface area contributed by atoms with E-state index in [1.54, 1.807) is 35.8 Å². The van der Waals surface area contributed by atoms with E-state index in [4.69, 9.17) is 0 Å². The number of nitrogens with one attached hydrogen (secondary N) is 2. The molecule has 0 saturated heterocycles. The highest BCUT2D eigenvalue weighted by molar-refractivity contribution is 7.99. The molecule has 150 valence electrons. The van der Waals surface area contributed by atoms with Crippen molar-refractivity contribution in [3.63, 3.8) is 0 Å². The van der Waals surface area contributed by atoms with E-state index in [1.165, 1.54) is 12.1 Å². The zero-order valence-corrected chi connectivity index (χ0v) is 17.4. The summed E-state index contributed by atoms with van der Waals surface area (Å²) in [7, 11) is 5.40. The van der Waals surface area contributed by atoms with Gasteiger partial charge in [0.2, 0.25) is 5.91 Å². The van der Waals surface area contributed by atoms with Crippen molar-refractivity contribution in [1.82, 2.24) is 15.5 Å². The van der Waals surface area contributed by atoms with Gasteiger partial charge in [0.15, 0.2) is 5.96 Å². The molecule has 0 unspecified atom stereocenters. The normalized spacial score (nSPS) is 16.2. The Morgan fingerprint density at radius 1 is 1.22 bits per heavy atom. The average Bonchev–Trinajstić information content (AvgIpc) is 3.14. The summed E-state index contributed by atoms with van der Waals surface area (Å²) in [4.78, 5) is 19.7. The zero-order chi connectivity index (χ0) is 19.7.